The number of hydrogen-bond acceptors (Lipinski definition) is 3. The van der Waals surface area contributed by atoms with Gasteiger partial charge in [0.2, 0.25) is 5.91 Å². The zero-order valence-corrected chi connectivity index (χ0v) is 9.82. The highest BCUT2D eigenvalue weighted by Crippen LogP contribution is 2.09. The molecule has 1 saturated heterocycles. The Bertz CT molecular complexity index is 181. The van der Waals surface area contributed by atoms with Gasteiger partial charge in [-0.2, -0.15) is 11.8 Å². The summed E-state index contributed by atoms with van der Waals surface area (Å²) in [4.78, 5) is 11.6. The molecule has 0 aliphatic carbocycles. The van der Waals surface area contributed by atoms with Gasteiger partial charge in [-0.25, -0.2) is 0 Å². The van der Waals surface area contributed by atoms with E-state index < -0.39 is 0 Å². The van der Waals surface area contributed by atoms with Gasteiger partial charge in [-0.05, 0) is 25.6 Å². The number of carbonyl (C=O) groups is 1. The molecule has 1 amide bonds. The molecule has 1 rings (SSSR count). The summed E-state index contributed by atoms with van der Waals surface area (Å²) in [7, 11) is 0. The van der Waals surface area contributed by atoms with E-state index in [0.29, 0.717) is 5.25 Å². The standard InChI is InChI=1S/C10H20N2OS/c1-8(14-2)3-6-12-10(13)9-4-5-11-7-9/h8-9,11H,3-7H2,1-2H3,(H,12,13). The first-order valence-corrected chi connectivity index (χ1v) is 6.54. The largest absolute Gasteiger partial charge is 0.356 e. The van der Waals surface area contributed by atoms with Crippen LogP contribution in [0.5, 0.6) is 0 Å². The lowest BCUT2D eigenvalue weighted by atomic mass is 10.1. The van der Waals surface area contributed by atoms with Crippen LogP contribution in [0.15, 0.2) is 0 Å². The number of thioether (sulfide) groups is 1. The van der Waals surface area contributed by atoms with Crippen LogP contribution in [0.1, 0.15) is 19.8 Å². The van der Waals surface area contributed by atoms with Gasteiger partial charge in [0.05, 0.1) is 5.92 Å². The van der Waals surface area contributed by atoms with Crippen LogP contribution in [0.2, 0.25) is 0 Å². The molecule has 14 heavy (non-hydrogen) atoms. The van der Waals surface area contributed by atoms with Gasteiger partial charge in [0.25, 0.3) is 0 Å². The summed E-state index contributed by atoms with van der Waals surface area (Å²) in [5.41, 5.74) is 0. The minimum atomic E-state index is 0.208. The zero-order chi connectivity index (χ0) is 10.4. The van der Waals surface area contributed by atoms with Crippen LogP contribution in [0.4, 0.5) is 0 Å². The Hall–Kier alpha value is -0.220. The highest BCUT2D eigenvalue weighted by atomic mass is 32.2. The number of hydrogen-bond donors (Lipinski definition) is 2. The van der Waals surface area contributed by atoms with Crippen LogP contribution in [0.25, 0.3) is 0 Å². The van der Waals surface area contributed by atoms with E-state index in [-0.39, 0.29) is 11.8 Å². The van der Waals surface area contributed by atoms with Crippen LogP contribution < -0.4 is 10.6 Å². The summed E-state index contributed by atoms with van der Waals surface area (Å²) in [5.74, 6) is 0.433. The third kappa shape index (κ3) is 3.88. The Morgan fingerprint density at radius 2 is 2.50 bits per heavy atom. The molecule has 1 fully saturated rings. The van der Waals surface area contributed by atoms with Gasteiger partial charge in [-0.15, -0.1) is 0 Å². The third-order valence-corrected chi connectivity index (χ3v) is 3.72. The molecule has 1 heterocycles. The molecule has 0 aromatic rings. The normalized spacial score (nSPS) is 23.4. The summed E-state index contributed by atoms with van der Waals surface area (Å²) < 4.78 is 0. The lowest BCUT2D eigenvalue weighted by Gasteiger charge is -2.11. The van der Waals surface area contributed by atoms with E-state index in [9.17, 15) is 4.79 Å². The monoisotopic (exact) mass is 216 g/mol. The smallest absolute Gasteiger partial charge is 0.224 e. The predicted octanol–water partition coefficient (Wildman–Crippen LogP) is 0.854. The highest BCUT2D eigenvalue weighted by molar-refractivity contribution is 7.99. The van der Waals surface area contributed by atoms with Gasteiger partial charge in [0.15, 0.2) is 0 Å². The summed E-state index contributed by atoms with van der Waals surface area (Å²) in [6, 6.07) is 0. The first-order valence-electron chi connectivity index (χ1n) is 5.25. The molecule has 2 unspecified atom stereocenters. The number of rotatable bonds is 5. The molecular weight excluding hydrogens is 196 g/mol. The molecule has 0 saturated carbocycles. The summed E-state index contributed by atoms with van der Waals surface area (Å²) in [6.45, 7) is 4.84. The van der Waals surface area contributed by atoms with Crippen molar-refractivity contribution < 1.29 is 4.79 Å². The summed E-state index contributed by atoms with van der Waals surface area (Å²) in [6.07, 6.45) is 4.16. The van der Waals surface area contributed by atoms with Crippen molar-refractivity contribution in [3.8, 4) is 0 Å². The molecule has 0 aromatic carbocycles. The molecule has 2 atom stereocenters. The van der Waals surface area contributed by atoms with Gasteiger partial charge in [-0.1, -0.05) is 6.92 Å². The average molecular weight is 216 g/mol. The van der Waals surface area contributed by atoms with Crippen molar-refractivity contribution in [3.63, 3.8) is 0 Å². The van der Waals surface area contributed by atoms with Gasteiger partial charge in [0, 0.05) is 18.3 Å². The maximum absolute atomic E-state index is 11.6. The lowest BCUT2D eigenvalue weighted by Crippen LogP contribution is -2.33. The fourth-order valence-corrected chi connectivity index (χ4v) is 1.89. The van der Waals surface area contributed by atoms with Crippen LogP contribution in [-0.4, -0.2) is 37.0 Å². The minimum absolute atomic E-state index is 0.208. The number of carbonyl (C=O) groups excluding carboxylic acids is 1. The van der Waals surface area contributed by atoms with Crippen LogP contribution in [0, 0.1) is 5.92 Å². The van der Waals surface area contributed by atoms with Gasteiger partial charge in [0.1, 0.15) is 0 Å². The molecule has 1 aliphatic heterocycles. The van der Waals surface area contributed by atoms with E-state index in [2.05, 4.69) is 23.8 Å². The molecule has 2 N–H and O–H groups in total. The van der Waals surface area contributed by atoms with Crippen molar-refractivity contribution in [2.24, 2.45) is 5.92 Å². The van der Waals surface area contributed by atoms with Crippen LogP contribution in [0.3, 0.4) is 0 Å². The molecular formula is C10H20N2OS. The molecule has 0 aromatic heterocycles. The van der Waals surface area contributed by atoms with E-state index in [0.717, 1.165) is 32.5 Å². The number of nitrogens with one attached hydrogen (secondary N) is 2. The van der Waals surface area contributed by atoms with Crippen molar-refractivity contribution in [2.75, 3.05) is 25.9 Å². The second kappa shape index (κ2) is 6.30. The van der Waals surface area contributed by atoms with Crippen LogP contribution >= 0.6 is 11.8 Å². The average Bonchev–Trinajstić information content (AvgIpc) is 2.70. The van der Waals surface area contributed by atoms with Crippen molar-refractivity contribution in [1.29, 1.82) is 0 Å². The van der Waals surface area contributed by atoms with Gasteiger partial charge in [-0.3, -0.25) is 4.79 Å². The summed E-state index contributed by atoms with van der Waals surface area (Å²) in [5, 5.41) is 6.83. The van der Waals surface area contributed by atoms with E-state index in [1.807, 2.05) is 11.8 Å². The Labute approximate surface area is 90.4 Å². The Morgan fingerprint density at radius 1 is 1.71 bits per heavy atom. The van der Waals surface area contributed by atoms with E-state index in [1.54, 1.807) is 0 Å². The molecule has 82 valence electrons. The van der Waals surface area contributed by atoms with Crippen molar-refractivity contribution in [1.82, 2.24) is 10.6 Å². The molecule has 4 heteroatoms. The first-order chi connectivity index (χ1) is 6.74. The zero-order valence-electron chi connectivity index (χ0n) is 9.01. The third-order valence-electron chi connectivity index (χ3n) is 2.68. The SMILES string of the molecule is CSC(C)CCNC(=O)C1CCNC1. The second-order valence-corrected chi connectivity index (χ2v) is 5.09. The van der Waals surface area contributed by atoms with E-state index in [4.69, 9.17) is 0 Å². The molecule has 1 aliphatic rings. The Balaban J connectivity index is 2.08. The van der Waals surface area contributed by atoms with Crippen molar-refractivity contribution >= 4 is 17.7 Å². The topological polar surface area (TPSA) is 41.1 Å². The van der Waals surface area contributed by atoms with Crippen molar-refractivity contribution in [2.45, 2.75) is 25.0 Å². The predicted molar refractivity (Wildman–Crippen MR) is 61.6 cm³/mol. The number of amides is 1. The van der Waals surface area contributed by atoms with Crippen LogP contribution in [-0.2, 0) is 4.79 Å². The maximum atomic E-state index is 11.6. The van der Waals surface area contributed by atoms with Gasteiger partial charge >= 0.3 is 0 Å². The fraction of sp³-hybridized carbons (Fsp3) is 0.900. The molecule has 0 spiro atoms. The molecule has 0 bridgehead atoms. The molecule has 0 radical (unpaired) electrons. The quantitative estimate of drug-likeness (QED) is 0.716. The first kappa shape index (κ1) is 11.9. The summed E-state index contributed by atoms with van der Waals surface area (Å²) >= 11 is 1.85. The molecule has 3 nitrogen and oxygen atoms in total. The lowest BCUT2D eigenvalue weighted by molar-refractivity contribution is -0.124. The fourth-order valence-electron chi connectivity index (χ4n) is 1.54. The second-order valence-electron chi connectivity index (χ2n) is 3.82. The van der Waals surface area contributed by atoms with Gasteiger partial charge < -0.3 is 10.6 Å². The minimum Gasteiger partial charge on any atom is -0.356 e. The Morgan fingerprint density at radius 3 is 3.07 bits per heavy atom. The maximum Gasteiger partial charge on any atom is 0.224 e. The van der Waals surface area contributed by atoms with Crippen molar-refractivity contribution in [3.05, 3.63) is 0 Å². The van der Waals surface area contributed by atoms with E-state index >= 15 is 0 Å². The highest BCUT2D eigenvalue weighted by Gasteiger charge is 2.21. The van der Waals surface area contributed by atoms with E-state index in [1.165, 1.54) is 0 Å². The Kier molecular flexibility index (Phi) is 5.33.